The minimum Gasteiger partial charge on any atom is -0.497 e. The van der Waals surface area contributed by atoms with Gasteiger partial charge in [0, 0.05) is 12.1 Å². The van der Waals surface area contributed by atoms with Crippen molar-refractivity contribution in [2.75, 3.05) is 13.7 Å². The molecule has 0 radical (unpaired) electrons. The number of nitrogens with zero attached hydrogens (tertiary/aromatic N) is 3. The maximum atomic E-state index is 12.9. The number of aryl methyl sites for hydroxylation is 1. The monoisotopic (exact) mass is 315 g/mol. The van der Waals surface area contributed by atoms with Crippen LogP contribution in [-0.4, -0.2) is 34.6 Å². The first kappa shape index (κ1) is 15.5. The third-order valence-electron chi connectivity index (χ3n) is 4.18. The molecule has 1 atom stereocenters. The van der Waals surface area contributed by atoms with Crippen molar-refractivity contribution in [3.8, 4) is 5.75 Å². The van der Waals surface area contributed by atoms with Gasteiger partial charge >= 0.3 is 0 Å². The molecule has 122 valence electrons. The Kier molecular flexibility index (Phi) is 4.60. The largest absolute Gasteiger partial charge is 0.497 e. The second-order valence-corrected chi connectivity index (χ2v) is 5.77. The molecule has 23 heavy (non-hydrogen) atoms. The van der Waals surface area contributed by atoms with Crippen LogP contribution in [0.15, 0.2) is 28.8 Å². The van der Waals surface area contributed by atoms with E-state index in [1.54, 1.807) is 38.3 Å². The predicted molar refractivity (Wildman–Crippen MR) is 84.3 cm³/mol. The van der Waals surface area contributed by atoms with E-state index >= 15 is 0 Å². The van der Waals surface area contributed by atoms with Gasteiger partial charge in [-0.1, -0.05) is 18.0 Å². The number of rotatable bonds is 3. The summed E-state index contributed by atoms with van der Waals surface area (Å²) in [7, 11) is 1.61. The number of hydrogen-bond acceptors (Lipinski definition) is 5. The normalized spacial score (nSPS) is 18.5. The summed E-state index contributed by atoms with van der Waals surface area (Å²) in [5.74, 6) is 1.87. The molecule has 1 aromatic heterocycles. The van der Waals surface area contributed by atoms with E-state index in [0.29, 0.717) is 23.8 Å². The zero-order valence-corrected chi connectivity index (χ0v) is 13.5. The van der Waals surface area contributed by atoms with Gasteiger partial charge in [0.05, 0.1) is 7.11 Å². The van der Waals surface area contributed by atoms with Crippen LogP contribution in [0.4, 0.5) is 0 Å². The number of carbonyl (C=O) groups excluding carboxylic acids is 1. The molecule has 1 aliphatic heterocycles. The van der Waals surface area contributed by atoms with E-state index in [-0.39, 0.29) is 11.9 Å². The van der Waals surface area contributed by atoms with Crippen molar-refractivity contribution in [1.82, 2.24) is 15.0 Å². The van der Waals surface area contributed by atoms with Crippen molar-refractivity contribution in [3.05, 3.63) is 41.5 Å². The molecule has 0 saturated carbocycles. The number of methoxy groups -OCH3 is 1. The van der Waals surface area contributed by atoms with Crippen LogP contribution in [0.5, 0.6) is 5.75 Å². The average Bonchev–Trinajstić information content (AvgIpc) is 2.86. The molecule has 1 amide bonds. The van der Waals surface area contributed by atoms with Gasteiger partial charge in [0.25, 0.3) is 5.91 Å². The average molecular weight is 315 g/mol. The summed E-state index contributed by atoms with van der Waals surface area (Å²) in [5, 5.41) is 3.87. The van der Waals surface area contributed by atoms with Crippen LogP contribution in [-0.2, 0) is 0 Å². The van der Waals surface area contributed by atoms with Gasteiger partial charge in [0.2, 0.25) is 5.89 Å². The molecular formula is C17H21N3O3. The fourth-order valence-electron chi connectivity index (χ4n) is 2.96. The van der Waals surface area contributed by atoms with Crippen molar-refractivity contribution in [3.63, 3.8) is 0 Å². The lowest BCUT2D eigenvalue weighted by Crippen LogP contribution is -2.35. The van der Waals surface area contributed by atoms with Crippen LogP contribution < -0.4 is 4.74 Å². The molecule has 1 unspecified atom stereocenters. The second kappa shape index (κ2) is 6.81. The van der Waals surface area contributed by atoms with Crippen molar-refractivity contribution >= 4 is 5.91 Å². The number of ether oxygens (including phenoxy) is 1. The highest BCUT2D eigenvalue weighted by Crippen LogP contribution is 2.30. The van der Waals surface area contributed by atoms with Crippen LogP contribution in [0.2, 0.25) is 0 Å². The first-order chi connectivity index (χ1) is 11.2. The van der Waals surface area contributed by atoms with Crippen LogP contribution in [0.1, 0.15) is 53.8 Å². The molecule has 2 aromatic rings. The molecule has 1 aromatic carbocycles. The summed E-state index contributed by atoms with van der Waals surface area (Å²) in [4.78, 5) is 19.1. The predicted octanol–water partition coefficient (Wildman–Crippen LogP) is 3.14. The number of hydrogen-bond donors (Lipinski definition) is 0. The Hall–Kier alpha value is -2.37. The molecule has 3 rings (SSSR count). The lowest BCUT2D eigenvalue weighted by atomic mass is 10.1. The van der Waals surface area contributed by atoms with E-state index in [4.69, 9.17) is 9.26 Å². The van der Waals surface area contributed by atoms with E-state index in [1.807, 2.05) is 4.90 Å². The van der Waals surface area contributed by atoms with Crippen molar-refractivity contribution in [1.29, 1.82) is 0 Å². The SMILES string of the molecule is COc1ccc(C(=O)N2CCCCCC2c2nc(C)no2)cc1. The molecular weight excluding hydrogens is 294 g/mol. The van der Waals surface area contributed by atoms with Crippen molar-refractivity contribution in [2.24, 2.45) is 0 Å². The second-order valence-electron chi connectivity index (χ2n) is 5.77. The van der Waals surface area contributed by atoms with E-state index < -0.39 is 0 Å². The first-order valence-corrected chi connectivity index (χ1v) is 7.94. The van der Waals surface area contributed by atoms with Gasteiger partial charge in [0.1, 0.15) is 11.8 Å². The summed E-state index contributed by atoms with van der Waals surface area (Å²) in [6, 6.07) is 7.05. The Balaban J connectivity index is 1.87. The van der Waals surface area contributed by atoms with Crippen LogP contribution in [0, 0.1) is 6.92 Å². The lowest BCUT2D eigenvalue weighted by Gasteiger charge is -2.27. The number of amides is 1. The highest BCUT2D eigenvalue weighted by Gasteiger charge is 2.31. The Morgan fingerprint density at radius 3 is 2.70 bits per heavy atom. The highest BCUT2D eigenvalue weighted by atomic mass is 16.5. The summed E-state index contributed by atoms with van der Waals surface area (Å²) in [5.41, 5.74) is 0.647. The lowest BCUT2D eigenvalue weighted by molar-refractivity contribution is 0.0644. The quantitative estimate of drug-likeness (QED) is 0.870. The minimum absolute atomic E-state index is 0.00425. The maximum absolute atomic E-state index is 12.9. The topological polar surface area (TPSA) is 68.5 Å². The van der Waals surface area contributed by atoms with E-state index in [0.717, 1.165) is 31.4 Å². The zero-order valence-electron chi connectivity index (χ0n) is 13.5. The maximum Gasteiger partial charge on any atom is 0.254 e. The summed E-state index contributed by atoms with van der Waals surface area (Å²) < 4.78 is 10.5. The van der Waals surface area contributed by atoms with Crippen molar-refractivity contribution < 1.29 is 14.1 Å². The molecule has 6 heteroatoms. The first-order valence-electron chi connectivity index (χ1n) is 7.94. The fourth-order valence-corrected chi connectivity index (χ4v) is 2.96. The highest BCUT2D eigenvalue weighted by molar-refractivity contribution is 5.94. The van der Waals surface area contributed by atoms with Gasteiger partial charge in [-0.3, -0.25) is 4.79 Å². The van der Waals surface area contributed by atoms with Crippen LogP contribution >= 0.6 is 0 Å². The molecule has 1 fully saturated rings. The molecule has 2 heterocycles. The number of likely N-dealkylation sites (tertiary alicyclic amines) is 1. The Morgan fingerprint density at radius 2 is 2.04 bits per heavy atom. The smallest absolute Gasteiger partial charge is 0.254 e. The molecule has 1 saturated heterocycles. The molecule has 6 nitrogen and oxygen atoms in total. The van der Waals surface area contributed by atoms with Gasteiger partial charge in [-0.2, -0.15) is 4.98 Å². The van der Waals surface area contributed by atoms with Gasteiger partial charge in [-0.05, 0) is 44.0 Å². The third-order valence-corrected chi connectivity index (χ3v) is 4.18. The fraction of sp³-hybridized carbons (Fsp3) is 0.471. The summed E-state index contributed by atoms with van der Waals surface area (Å²) in [6.07, 6.45) is 4.00. The molecule has 0 bridgehead atoms. The molecule has 0 aliphatic carbocycles. The minimum atomic E-state index is -0.145. The molecule has 0 N–H and O–H groups in total. The molecule has 1 aliphatic rings. The number of aromatic nitrogens is 2. The van der Waals surface area contributed by atoms with Crippen LogP contribution in [0.25, 0.3) is 0 Å². The van der Waals surface area contributed by atoms with Gasteiger partial charge in [-0.25, -0.2) is 0 Å². The Labute approximate surface area is 135 Å². The Morgan fingerprint density at radius 1 is 1.26 bits per heavy atom. The van der Waals surface area contributed by atoms with E-state index in [9.17, 15) is 4.79 Å². The standard InChI is InChI=1S/C17H21N3O3/c1-12-18-16(23-19-12)15-6-4-3-5-11-20(15)17(21)13-7-9-14(22-2)10-8-13/h7-10,15H,3-6,11H2,1-2H3. The van der Waals surface area contributed by atoms with Crippen LogP contribution in [0.3, 0.4) is 0 Å². The van der Waals surface area contributed by atoms with Gasteiger partial charge in [0.15, 0.2) is 5.82 Å². The zero-order chi connectivity index (χ0) is 16.2. The van der Waals surface area contributed by atoms with Gasteiger partial charge in [-0.15, -0.1) is 0 Å². The summed E-state index contributed by atoms with van der Waals surface area (Å²) in [6.45, 7) is 2.50. The number of carbonyl (C=O) groups is 1. The van der Waals surface area contributed by atoms with E-state index in [1.165, 1.54) is 0 Å². The van der Waals surface area contributed by atoms with Crippen molar-refractivity contribution in [2.45, 2.75) is 38.6 Å². The van der Waals surface area contributed by atoms with E-state index in [2.05, 4.69) is 10.1 Å². The van der Waals surface area contributed by atoms with Gasteiger partial charge < -0.3 is 14.2 Å². The third kappa shape index (κ3) is 3.36. The summed E-state index contributed by atoms with van der Waals surface area (Å²) >= 11 is 0. The molecule has 0 spiro atoms. The Bertz CT molecular complexity index is 666. The number of benzene rings is 1.